The Labute approximate surface area is 316 Å². The maximum Gasteiger partial charge on any atom is 0.338 e. The number of aromatic carboxylic acids is 1. The molecule has 5 rings (SSSR count). The van der Waals surface area contributed by atoms with Crippen LogP contribution in [0.3, 0.4) is 0 Å². The fourth-order valence-corrected chi connectivity index (χ4v) is 7.66. The lowest BCUT2D eigenvalue weighted by Gasteiger charge is -2.42. The average molecular weight is 723 g/mol. The molecule has 1 atom stereocenters. The number of carboxylic acid groups (broad SMARTS) is 1. The van der Waals surface area contributed by atoms with E-state index in [0.717, 1.165) is 49.8 Å². The Morgan fingerprint density at radius 3 is 1.77 bits per heavy atom. The molecule has 6 nitrogen and oxygen atoms in total. The number of methoxy groups -OCH3 is 1. The number of carboxylic acids is 1. The number of nitrogens with zero attached hydrogens (tertiary/aromatic N) is 2. The summed E-state index contributed by atoms with van der Waals surface area (Å²) in [6, 6.07) is 29.1. The van der Waals surface area contributed by atoms with Crippen molar-refractivity contribution in [2.24, 2.45) is 0 Å². The second-order valence-electron chi connectivity index (χ2n) is 13.5. The number of aryl methyl sites for hydroxylation is 2. The highest BCUT2D eigenvalue weighted by molar-refractivity contribution is 7.10. The largest absolute Gasteiger partial charge is 0.478 e. The van der Waals surface area contributed by atoms with E-state index in [4.69, 9.17) is 4.74 Å². The van der Waals surface area contributed by atoms with Crippen LogP contribution < -0.4 is 9.80 Å². The second-order valence-corrected chi connectivity index (χ2v) is 14.5. The normalized spacial score (nSPS) is 13.8. The molecule has 1 aliphatic heterocycles. The van der Waals surface area contributed by atoms with Crippen LogP contribution >= 0.6 is 11.3 Å². The topological polar surface area (TPSA) is 70.1 Å². The molecule has 0 aliphatic carbocycles. The molecule has 1 unspecified atom stereocenters. The van der Waals surface area contributed by atoms with E-state index in [0.29, 0.717) is 0 Å². The summed E-state index contributed by atoms with van der Waals surface area (Å²) in [6.07, 6.45) is 20.9. The number of ether oxygens (including phenoxy) is 1. The van der Waals surface area contributed by atoms with Crippen molar-refractivity contribution >= 4 is 34.7 Å². The third-order valence-corrected chi connectivity index (χ3v) is 10.6. The van der Waals surface area contributed by atoms with Gasteiger partial charge < -0.3 is 19.6 Å². The number of para-hydroxylation sites is 2. The predicted octanol–water partition coefficient (Wildman–Crippen LogP) is 12.3. The van der Waals surface area contributed by atoms with Gasteiger partial charge in [-0.3, -0.25) is 0 Å². The Bertz CT molecular complexity index is 1640. The first-order valence-corrected chi connectivity index (χ1v) is 20.2. The van der Waals surface area contributed by atoms with Crippen molar-refractivity contribution in [1.29, 1.82) is 0 Å². The minimum Gasteiger partial charge on any atom is -0.478 e. The SMILES string of the molecule is C1=CN(c2ccccc2)C(c2cccs2)N(c2ccccc2)C1.CCCCCCCCc1cc(C(=O)O)c(C(=O)OC)cc1CCCCCCCC. The molecule has 0 radical (unpaired) electrons. The summed E-state index contributed by atoms with van der Waals surface area (Å²) < 4.78 is 4.83. The highest BCUT2D eigenvalue weighted by Gasteiger charge is 2.29. The number of hydrogen-bond acceptors (Lipinski definition) is 6. The quantitative estimate of drug-likeness (QED) is 0.0767. The average Bonchev–Trinajstić information content (AvgIpc) is 3.73. The number of esters is 1. The Hall–Kier alpha value is -4.36. The maximum atomic E-state index is 12.1. The van der Waals surface area contributed by atoms with Gasteiger partial charge in [-0.05, 0) is 90.7 Å². The van der Waals surface area contributed by atoms with E-state index in [9.17, 15) is 14.7 Å². The second kappa shape index (κ2) is 22.5. The van der Waals surface area contributed by atoms with Crippen molar-refractivity contribution in [1.82, 2.24) is 0 Å². The fraction of sp³-hybridized carbons (Fsp3) is 0.422. The summed E-state index contributed by atoms with van der Waals surface area (Å²) in [6.45, 7) is 5.34. The summed E-state index contributed by atoms with van der Waals surface area (Å²) >= 11 is 1.81. The summed E-state index contributed by atoms with van der Waals surface area (Å²) in [5, 5.41) is 11.7. The number of rotatable bonds is 19. The molecule has 0 saturated heterocycles. The van der Waals surface area contributed by atoms with E-state index in [1.54, 1.807) is 12.1 Å². The van der Waals surface area contributed by atoms with Gasteiger partial charge in [-0.1, -0.05) is 121 Å². The number of thiophene rings is 1. The van der Waals surface area contributed by atoms with Gasteiger partial charge in [-0.15, -0.1) is 11.3 Å². The van der Waals surface area contributed by atoms with Crippen molar-refractivity contribution in [2.75, 3.05) is 23.5 Å². The Morgan fingerprint density at radius 2 is 1.25 bits per heavy atom. The predicted molar refractivity (Wildman–Crippen MR) is 218 cm³/mol. The van der Waals surface area contributed by atoms with Crippen LogP contribution in [-0.4, -0.2) is 30.7 Å². The van der Waals surface area contributed by atoms with Gasteiger partial charge in [-0.2, -0.15) is 0 Å². The molecule has 2 heterocycles. The minimum atomic E-state index is -1.07. The van der Waals surface area contributed by atoms with Crippen molar-refractivity contribution in [3.05, 3.63) is 130 Å². The number of unbranched alkanes of at least 4 members (excludes halogenated alkanes) is 10. The van der Waals surface area contributed by atoms with Crippen LogP contribution in [-0.2, 0) is 17.6 Å². The van der Waals surface area contributed by atoms with E-state index < -0.39 is 11.9 Å². The van der Waals surface area contributed by atoms with Crippen LogP contribution in [0.1, 0.15) is 134 Å². The van der Waals surface area contributed by atoms with Gasteiger partial charge in [0.15, 0.2) is 0 Å². The van der Waals surface area contributed by atoms with Crippen molar-refractivity contribution in [3.8, 4) is 0 Å². The van der Waals surface area contributed by atoms with E-state index in [2.05, 4.69) is 114 Å². The van der Waals surface area contributed by atoms with Crippen LogP contribution in [0.4, 0.5) is 11.4 Å². The first-order valence-electron chi connectivity index (χ1n) is 19.3. The van der Waals surface area contributed by atoms with Crippen LogP contribution in [0.2, 0.25) is 0 Å². The summed E-state index contributed by atoms with van der Waals surface area (Å²) in [4.78, 5) is 30.0. The standard InChI is InChI=1S/C25H40O4.C20H18N2S/c1-4-6-8-10-12-14-16-20-18-22(24(26)27)23(25(28)29-3)19-21(20)17-15-13-11-9-7-5-2;1-3-9-17(10-4-1)21-14-8-15-22(18-11-5-2-6-12-18)20(21)19-13-7-16-23-19/h18-19H,4-17H2,1-3H3,(H,26,27);1-14,16,20H,15H2. The van der Waals surface area contributed by atoms with Crippen molar-refractivity contribution < 1.29 is 19.4 Å². The molecule has 0 spiro atoms. The van der Waals surface area contributed by atoms with Gasteiger partial charge in [0.2, 0.25) is 0 Å². The molecule has 0 fully saturated rings. The molecule has 1 aliphatic rings. The molecule has 52 heavy (non-hydrogen) atoms. The third kappa shape index (κ3) is 12.1. The molecular weight excluding hydrogens is 665 g/mol. The number of anilines is 2. The molecular formula is C45H58N2O4S. The van der Waals surface area contributed by atoms with Gasteiger partial charge in [0, 0.05) is 29.0 Å². The van der Waals surface area contributed by atoms with E-state index in [-0.39, 0.29) is 17.3 Å². The smallest absolute Gasteiger partial charge is 0.338 e. The monoisotopic (exact) mass is 722 g/mol. The van der Waals surface area contributed by atoms with Gasteiger partial charge in [-0.25, -0.2) is 9.59 Å². The number of carbonyl (C=O) groups excluding carboxylic acids is 1. The Balaban J connectivity index is 0.000000237. The summed E-state index contributed by atoms with van der Waals surface area (Å²) in [5.74, 6) is -1.64. The van der Waals surface area contributed by atoms with Crippen molar-refractivity contribution in [3.63, 3.8) is 0 Å². The Kier molecular flexibility index (Phi) is 17.5. The molecule has 4 aromatic rings. The van der Waals surface area contributed by atoms with Gasteiger partial charge in [0.1, 0.15) is 6.17 Å². The summed E-state index contributed by atoms with van der Waals surface area (Å²) in [7, 11) is 1.30. The van der Waals surface area contributed by atoms with E-state index in [1.165, 1.54) is 81.1 Å². The maximum absolute atomic E-state index is 12.1. The van der Waals surface area contributed by atoms with Gasteiger partial charge in [0.05, 0.1) is 18.2 Å². The molecule has 7 heteroatoms. The van der Waals surface area contributed by atoms with Gasteiger partial charge >= 0.3 is 11.9 Å². The first kappa shape index (κ1) is 40.4. The minimum absolute atomic E-state index is 0.0597. The molecule has 0 amide bonds. The van der Waals surface area contributed by atoms with Crippen LogP contribution in [0.15, 0.2) is 103 Å². The first-order chi connectivity index (χ1) is 25.5. The van der Waals surface area contributed by atoms with E-state index >= 15 is 0 Å². The Morgan fingerprint density at radius 1 is 0.712 bits per heavy atom. The lowest BCUT2D eigenvalue weighted by Crippen LogP contribution is -2.42. The lowest BCUT2D eigenvalue weighted by atomic mass is 9.91. The highest BCUT2D eigenvalue weighted by atomic mass is 32.1. The van der Waals surface area contributed by atoms with Crippen molar-refractivity contribution in [2.45, 2.75) is 110 Å². The van der Waals surface area contributed by atoms with Crippen LogP contribution in [0.25, 0.3) is 0 Å². The molecule has 3 aromatic carbocycles. The fourth-order valence-electron chi connectivity index (χ4n) is 6.83. The molecule has 0 saturated carbocycles. The molecule has 1 N–H and O–H groups in total. The zero-order valence-corrected chi connectivity index (χ0v) is 32.3. The lowest BCUT2D eigenvalue weighted by molar-refractivity contribution is 0.0582. The van der Waals surface area contributed by atoms with Gasteiger partial charge in [0.25, 0.3) is 0 Å². The highest BCUT2D eigenvalue weighted by Crippen LogP contribution is 2.38. The zero-order valence-electron chi connectivity index (χ0n) is 31.5. The molecule has 278 valence electrons. The number of benzene rings is 3. The van der Waals surface area contributed by atoms with Crippen LogP contribution in [0, 0.1) is 0 Å². The number of carbonyl (C=O) groups is 2. The molecule has 0 bridgehead atoms. The third-order valence-electron chi connectivity index (χ3n) is 9.64. The van der Waals surface area contributed by atoms with Crippen LogP contribution in [0.5, 0.6) is 0 Å². The number of hydrogen-bond donors (Lipinski definition) is 1. The summed E-state index contributed by atoms with van der Waals surface area (Å²) in [5.41, 5.74) is 4.88. The van der Waals surface area contributed by atoms with E-state index in [1.807, 2.05) is 11.3 Å². The zero-order chi connectivity index (χ0) is 37.0. The molecule has 1 aromatic heterocycles.